The lowest BCUT2D eigenvalue weighted by atomic mass is 10.1. The van der Waals surface area contributed by atoms with Gasteiger partial charge in [-0.25, -0.2) is 0 Å². The fourth-order valence-electron chi connectivity index (χ4n) is 2.30. The number of carbonyl (C=O) groups is 3. The number of imide groups is 1. The van der Waals surface area contributed by atoms with Gasteiger partial charge in [0.15, 0.2) is 0 Å². The number of methoxy groups -OCH3 is 1. The average molecular weight is 359 g/mol. The fourth-order valence-corrected chi connectivity index (χ4v) is 3.17. The number of hydrogen-bond acceptors (Lipinski definition) is 6. The van der Waals surface area contributed by atoms with Crippen LogP contribution in [-0.4, -0.2) is 48.6 Å². The number of aliphatic hydroxyl groups is 1. The summed E-state index contributed by atoms with van der Waals surface area (Å²) >= 11 is 1.50. The minimum atomic E-state index is -0.626. The van der Waals surface area contributed by atoms with Gasteiger partial charge in [0, 0.05) is 16.9 Å². The molecule has 0 fully saturated rings. The fraction of sp³-hybridized carbons (Fsp3) is 0.167. The molecule has 2 amide bonds. The van der Waals surface area contributed by atoms with Gasteiger partial charge >= 0.3 is 5.97 Å². The largest absolute Gasteiger partial charge is 0.468 e. The smallest absolute Gasteiger partial charge is 0.325 e. The Hall–Kier alpha value is -2.64. The van der Waals surface area contributed by atoms with Gasteiger partial charge in [0.05, 0.1) is 18.2 Å². The van der Waals surface area contributed by atoms with Crippen molar-refractivity contribution in [2.24, 2.45) is 0 Å². The lowest BCUT2D eigenvalue weighted by molar-refractivity contribution is -0.140. The van der Waals surface area contributed by atoms with E-state index in [0.717, 1.165) is 21.8 Å². The molecule has 2 aromatic carbocycles. The van der Waals surface area contributed by atoms with Crippen molar-refractivity contribution in [1.82, 2.24) is 4.90 Å². The molecule has 6 nitrogen and oxygen atoms in total. The summed E-state index contributed by atoms with van der Waals surface area (Å²) in [5.41, 5.74) is 0.635. The lowest BCUT2D eigenvalue weighted by Crippen LogP contribution is -2.35. The maximum absolute atomic E-state index is 12.4. The third-order valence-corrected chi connectivity index (χ3v) is 4.43. The number of esters is 1. The van der Waals surface area contributed by atoms with E-state index < -0.39 is 17.8 Å². The second-order valence-electron chi connectivity index (χ2n) is 4.90. The maximum Gasteiger partial charge on any atom is 0.325 e. The zero-order valence-corrected chi connectivity index (χ0v) is 14.6. The van der Waals surface area contributed by atoms with Crippen molar-refractivity contribution in [3.63, 3.8) is 0 Å². The normalized spacial score (nSPS) is 12.4. The number of aliphatic hydroxyl groups excluding tert-OH is 1. The number of rotatable bonds is 4. The second kappa shape index (κ2) is 8.46. The zero-order chi connectivity index (χ0) is 18.4. The van der Waals surface area contributed by atoms with Crippen molar-refractivity contribution in [3.05, 3.63) is 59.7 Å². The summed E-state index contributed by atoms with van der Waals surface area (Å²) in [4.78, 5) is 38.7. The highest BCUT2D eigenvalue weighted by Crippen LogP contribution is 2.32. The highest BCUT2D eigenvalue weighted by molar-refractivity contribution is 7.99. The monoisotopic (exact) mass is 359 g/mol. The summed E-state index contributed by atoms with van der Waals surface area (Å²) in [6.07, 6.45) is 0. The van der Waals surface area contributed by atoms with Crippen LogP contribution in [0.4, 0.5) is 0 Å². The van der Waals surface area contributed by atoms with E-state index in [2.05, 4.69) is 4.74 Å². The van der Waals surface area contributed by atoms with Gasteiger partial charge < -0.3 is 9.84 Å². The van der Waals surface area contributed by atoms with E-state index in [0.29, 0.717) is 11.1 Å². The Balaban J connectivity index is 0.00000109. The minimum absolute atomic E-state index is 0.316. The molecule has 3 rings (SSSR count). The molecule has 1 aliphatic rings. The Kier molecular flexibility index (Phi) is 6.32. The molecule has 0 aliphatic carbocycles. The second-order valence-corrected chi connectivity index (χ2v) is 6.04. The first-order chi connectivity index (χ1) is 12.1. The van der Waals surface area contributed by atoms with E-state index in [4.69, 9.17) is 5.11 Å². The first kappa shape index (κ1) is 18.7. The quantitative estimate of drug-likeness (QED) is 0.666. The molecule has 1 aliphatic heterocycles. The number of amides is 2. The predicted molar refractivity (Wildman–Crippen MR) is 92.5 cm³/mol. The van der Waals surface area contributed by atoms with E-state index in [1.807, 2.05) is 30.3 Å². The van der Waals surface area contributed by atoms with Gasteiger partial charge in [0.1, 0.15) is 6.54 Å². The maximum atomic E-state index is 12.4. The molecule has 2 aromatic rings. The molecular formula is C18H17NO5S. The third kappa shape index (κ3) is 4.07. The molecule has 7 heteroatoms. The molecule has 130 valence electrons. The van der Waals surface area contributed by atoms with E-state index in [1.54, 1.807) is 18.2 Å². The van der Waals surface area contributed by atoms with Gasteiger partial charge in [-0.05, 0) is 30.3 Å². The van der Waals surface area contributed by atoms with Crippen molar-refractivity contribution >= 4 is 29.5 Å². The highest BCUT2D eigenvalue weighted by Gasteiger charge is 2.37. The van der Waals surface area contributed by atoms with Gasteiger partial charge in [-0.3, -0.25) is 19.3 Å². The Labute approximate surface area is 149 Å². The Morgan fingerprint density at radius 3 is 2.28 bits per heavy atom. The van der Waals surface area contributed by atoms with Crippen molar-refractivity contribution in [2.45, 2.75) is 9.79 Å². The summed E-state index contributed by atoms with van der Waals surface area (Å²) in [7, 11) is 2.22. The Bertz CT molecular complexity index is 791. The first-order valence-electron chi connectivity index (χ1n) is 7.35. The van der Waals surface area contributed by atoms with Crippen LogP contribution in [0.15, 0.2) is 58.3 Å². The lowest BCUT2D eigenvalue weighted by Gasteiger charge is -2.11. The Morgan fingerprint density at radius 2 is 1.64 bits per heavy atom. The molecule has 0 spiro atoms. The van der Waals surface area contributed by atoms with E-state index in [-0.39, 0.29) is 6.54 Å². The van der Waals surface area contributed by atoms with Gasteiger partial charge in [-0.15, -0.1) is 0 Å². The van der Waals surface area contributed by atoms with E-state index >= 15 is 0 Å². The summed E-state index contributed by atoms with van der Waals surface area (Å²) in [5.74, 6) is -1.56. The summed E-state index contributed by atoms with van der Waals surface area (Å²) < 4.78 is 4.52. The van der Waals surface area contributed by atoms with Gasteiger partial charge in [0.2, 0.25) is 0 Å². The van der Waals surface area contributed by atoms with Crippen LogP contribution in [-0.2, 0) is 9.53 Å². The summed E-state index contributed by atoms with van der Waals surface area (Å²) in [6.45, 7) is -0.371. The molecular weight excluding hydrogens is 342 g/mol. The molecule has 0 aromatic heterocycles. The van der Waals surface area contributed by atoms with Gasteiger partial charge in [0.25, 0.3) is 11.8 Å². The SMILES string of the molecule is CO.COC(=O)CN1C(=O)c2ccc(Sc3ccccc3)cc2C1=O. The molecule has 0 saturated carbocycles. The first-order valence-corrected chi connectivity index (χ1v) is 8.16. The van der Waals surface area contributed by atoms with Crippen molar-refractivity contribution in [1.29, 1.82) is 0 Å². The van der Waals surface area contributed by atoms with Crippen LogP contribution in [0.2, 0.25) is 0 Å². The minimum Gasteiger partial charge on any atom is -0.468 e. The van der Waals surface area contributed by atoms with Crippen LogP contribution < -0.4 is 0 Å². The Morgan fingerprint density at radius 1 is 1.00 bits per heavy atom. The molecule has 0 radical (unpaired) electrons. The van der Waals surface area contributed by atoms with Crippen LogP contribution in [0.3, 0.4) is 0 Å². The predicted octanol–water partition coefficient (Wildman–Crippen LogP) is 2.22. The number of benzene rings is 2. The van der Waals surface area contributed by atoms with Crippen LogP contribution in [0.25, 0.3) is 0 Å². The standard InChI is InChI=1S/C17H13NO4S.CH4O/c1-22-15(19)10-18-16(20)13-8-7-12(9-14(13)17(18)21)23-11-5-3-2-4-6-11;1-2/h2-9H,10H2,1H3;2H,1H3. The van der Waals surface area contributed by atoms with Gasteiger partial charge in [-0.1, -0.05) is 30.0 Å². The van der Waals surface area contributed by atoms with Crippen LogP contribution in [0.5, 0.6) is 0 Å². The molecule has 1 heterocycles. The van der Waals surface area contributed by atoms with Crippen molar-refractivity contribution in [2.75, 3.05) is 20.8 Å². The van der Waals surface area contributed by atoms with Crippen molar-refractivity contribution < 1.29 is 24.2 Å². The third-order valence-electron chi connectivity index (χ3n) is 3.44. The molecule has 25 heavy (non-hydrogen) atoms. The number of nitrogens with zero attached hydrogens (tertiary/aromatic N) is 1. The van der Waals surface area contributed by atoms with Crippen LogP contribution >= 0.6 is 11.8 Å². The van der Waals surface area contributed by atoms with Crippen LogP contribution in [0.1, 0.15) is 20.7 Å². The van der Waals surface area contributed by atoms with E-state index in [1.165, 1.54) is 18.9 Å². The number of ether oxygens (including phenoxy) is 1. The topological polar surface area (TPSA) is 83.9 Å². The number of fused-ring (bicyclic) bond motifs is 1. The average Bonchev–Trinajstić information content (AvgIpc) is 2.88. The molecule has 0 unspecified atom stereocenters. The highest BCUT2D eigenvalue weighted by atomic mass is 32.2. The molecule has 0 atom stereocenters. The molecule has 0 saturated heterocycles. The van der Waals surface area contributed by atoms with E-state index in [9.17, 15) is 14.4 Å². The number of hydrogen-bond donors (Lipinski definition) is 1. The van der Waals surface area contributed by atoms with Crippen LogP contribution in [0, 0.1) is 0 Å². The van der Waals surface area contributed by atoms with Gasteiger partial charge in [-0.2, -0.15) is 0 Å². The zero-order valence-electron chi connectivity index (χ0n) is 13.8. The number of carbonyl (C=O) groups excluding carboxylic acids is 3. The molecule has 1 N–H and O–H groups in total. The summed E-state index contributed by atoms with van der Waals surface area (Å²) in [6, 6.07) is 14.8. The van der Waals surface area contributed by atoms with Crippen molar-refractivity contribution in [3.8, 4) is 0 Å². The molecule has 0 bridgehead atoms. The summed E-state index contributed by atoms with van der Waals surface area (Å²) in [5, 5.41) is 7.00.